The molecule has 0 spiro atoms. The maximum Gasteiger partial charge on any atom is 0.469 e. The standard InChI is InChI=1S/C17H33O7P/c1-2-3-4-5-6-7-8-9-10-11-12-13-16(19)17(20,14-18)15-24-25(21,22)23/h5-6,18,20H,2-4,7-15H2,1H3,(H2,21,22,23)/b6-5-. The molecule has 7 nitrogen and oxygen atoms in total. The van der Waals surface area contributed by atoms with Crippen molar-refractivity contribution in [1.29, 1.82) is 0 Å². The number of unbranched alkanes of at least 4 members (excludes halogenated alkanes) is 7. The van der Waals surface area contributed by atoms with Gasteiger partial charge >= 0.3 is 7.82 Å². The number of aliphatic hydroxyl groups excluding tert-OH is 1. The predicted octanol–water partition coefficient (Wildman–Crippen LogP) is 2.87. The highest BCUT2D eigenvalue weighted by molar-refractivity contribution is 7.46. The van der Waals surface area contributed by atoms with E-state index in [1.807, 2.05) is 0 Å². The molecule has 0 radical (unpaired) electrons. The summed E-state index contributed by atoms with van der Waals surface area (Å²) in [7, 11) is -4.80. The van der Waals surface area contributed by atoms with E-state index in [1.54, 1.807) is 0 Å². The molecule has 0 amide bonds. The molecule has 0 rings (SSSR count). The van der Waals surface area contributed by atoms with Crippen LogP contribution < -0.4 is 0 Å². The Morgan fingerprint density at radius 1 is 1.04 bits per heavy atom. The minimum absolute atomic E-state index is 0.0402. The van der Waals surface area contributed by atoms with Crippen molar-refractivity contribution < 1.29 is 33.9 Å². The van der Waals surface area contributed by atoms with Gasteiger partial charge in [0.25, 0.3) is 0 Å². The molecule has 0 bridgehead atoms. The van der Waals surface area contributed by atoms with Crippen molar-refractivity contribution in [3.05, 3.63) is 12.2 Å². The Morgan fingerprint density at radius 2 is 1.60 bits per heavy atom. The molecule has 1 atom stereocenters. The molecular weight excluding hydrogens is 347 g/mol. The van der Waals surface area contributed by atoms with Gasteiger partial charge in [0.1, 0.15) is 0 Å². The summed E-state index contributed by atoms with van der Waals surface area (Å²) in [4.78, 5) is 29.2. The van der Waals surface area contributed by atoms with E-state index in [0.717, 1.165) is 38.5 Å². The average Bonchev–Trinajstić information content (AvgIpc) is 2.56. The van der Waals surface area contributed by atoms with Gasteiger partial charge in [-0.3, -0.25) is 9.32 Å². The van der Waals surface area contributed by atoms with Crippen molar-refractivity contribution in [3.63, 3.8) is 0 Å². The van der Waals surface area contributed by atoms with Crippen LogP contribution in [-0.2, 0) is 13.9 Å². The van der Waals surface area contributed by atoms with E-state index >= 15 is 0 Å². The Kier molecular flexibility index (Phi) is 13.3. The number of phosphoric acid groups is 1. The minimum atomic E-state index is -4.80. The number of phosphoric ester groups is 1. The normalized spacial score (nSPS) is 14.8. The first kappa shape index (κ1) is 24.4. The zero-order valence-electron chi connectivity index (χ0n) is 15.1. The Labute approximate surface area is 150 Å². The summed E-state index contributed by atoms with van der Waals surface area (Å²) in [6.45, 7) is 0.317. The van der Waals surface area contributed by atoms with E-state index in [-0.39, 0.29) is 6.42 Å². The number of ketones is 1. The van der Waals surface area contributed by atoms with Gasteiger partial charge < -0.3 is 20.0 Å². The molecule has 148 valence electrons. The molecular formula is C17H33O7P. The SMILES string of the molecule is CCCC/C=C\CCCCCCCC(=O)C(O)(CO)COP(=O)(O)O. The fourth-order valence-corrected chi connectivity index (χ4v) is 2.66. The molecule has 8 heteroatoms. The predicted molar refractivity (Wildman–Crippen MR) is 96.0 cm³/mol. The van der Waals surface area contributed by atoms with Gasteiger partial charge in [0.2, 0.25) is 0 Å². The van der Waals surface area contributed by atoms with Gasteiger partial charge in [0.15, 0.2) is 11.4 Å². The highest BCUT2D eigenvalue weighted by Crippen LogP contribution is 2.37. The molecule has 0 aliphatic carbocycles. The molecule has 0 saturated carbocycles. The molecule has 1 unspecified atom stereocenters. The van der Waals surface area contributed by atoms with Gasteiger partial charge in [-0.05, 0) is 25.7 Å². The van der Waals surface area contributed by atoms with Gasteiger partial charge in [-0.1, -0.05) is 51.2 Å². The van der Waals surface area contributed by atoms with Crippen molar-refractivity contribution in [2.24, 2.45) is 0 Å². The lowest BCUT2D eigenvalue weighted by Crippen LogP contribution is -2.46. The maximum atomic E-state index is 11.9. The Balaban J connectivity index is 3.83. The van der Waals surface area contributed by atoms with Crippen LogP contribution in [0.3, 0.4) is 0 Å². The minimum Gasteiger partial charge on any atom is -0.393 e. The van der Waals surface area contributed by atoms with Crippen molar-refractivity contribution in [3.8, 4) is 0 Å². The third-order valence-electron chi connectivity index (χ3n) is 3.92. The van der Waals surface area contributed by atoms with Crippen LogP contribution in [0.5, 0.6) is 0 Å². The third kappa shape index (κ3) is 13.3. The van der Waals surface area contributed by atoms with Crippen molar-refractivity contribution in [2.45, 2.75) is 76.7 Å². The van der Waals surface area contributed by atoms with Crippen LogP contribution in [0.25, 0.3) is 0 Å². The zero-order valence-corrected chi connectivity index (χ0v) is 16.0. The van der Waals surface area contributed by atoms with Gasteiger partial charge in [0, 0.05) is 6.42 Å². The number of allylic oxidation sites excluding steroid dienone is 2. The smallest absolute Gasteiger partial charge is 0.393 e. The topological polar surface area (TPSA) is 124 Å². The number of aliphatic hydroxyl groups is 2. The lowest BCUT2D eigenvalue weighted by atomic mass is 9.95. The quantitative estimate of drug-likeness (QED) is 0.184. The van der Waals surface area contributed by atoms with Crippen molar-refractivity contribution in [1.82, 2.24) is 0 Å². The zero-order chi connectivity index (χ0) is 19.2. The van der Waals surface area contributed by atoms with E-state index in [2.05, 4.69) is 23.6 Å². The van der Waals surface area contributed by atoms with Crippen molar-refractivity contribution >= 4 is 13.6 Å². The van der Waals surface area contributed by atoms with E-state index in [1.165, 1.54) is 12.8 Å². The molecule has 25 heavy (non-hydrogen) atoms. The lowest BCUT2D eigenvalue weighted by Gasteiger charge is -2.24. The van der Waals surface area contributed by atoms with Crippen LogP contribution in [-0.4, -0.2) is 44.6 Å². The van der Waals surface area contributed by atoms with Gasteiger partial charge in [-0.15, -0.1) is 0 Å². The molecule has 0 aromatic heterocycles. The fourth-order valence-electron chi connectivity index (χ4n) is 2.27. The number of hydrogen-bond acceptors (Lipinski definition) is 5. The highest BCUT2D eigenvalue weighted by atomic mass is 31.2. The number of Topliss-reactive ketones (excluding diaryl/α,β-unsaturated/α-hetero) is 1. The molecule has 0 aliphatic heterocycles. The summed E-state index contributed by atoms with van der Waals surface area (Å²) < 4.78 is 14.8. The Morgan fingerprint density at radius 3 is 2.16 bits per heavy atom. The number of hydrogen-bond donors (Lipinski definition) is 4. The molecule has 4 N–H and O–H groups in total. The van der Waals surface area contributed by atoms with Gasteiger partial charge in [0.05, 0.1) is 13.2 Å². The second-order valence-corrected chi connectivity index (χ2v) is 7.54. The third-order valence-corrected chi connectivity index (χ3v) is 4.38. The second kappa shape index (κ2) is 13.6. The largest absolute Gasteiger partial charge is 0.469 e. The van der Waals surface area contributed by atoms with Crippen LogP contribution in [0.4, 0.5) is 0 Å². The summed E-state index contributed by atoms with van der Waals surface area (Å²) in [6, 6.07) is 0. The number of carbonyl (C=O) groups is 1. The number of carbonyl (C=O) groups excluding carboxylic acids is 1. The summed E-state index contributed by atoms with van der Waals surface area (Å²) in [5.74, 6) is -0.665. The molecule has 0 fully saturated rings. The molecule has 0 saturated heterocycles. The van der Waals surface area contributed by atoms with Gasteiger partial charge in [-0.2, -0.15) is 0 Å². The monoisotopic (exact) mass is 380 g/mol. The molecule has 0 aromatic rings. The highest BCUT2D eigenvalue weighted by Gasteiger charge is 2.37. The first-order valence-electron chi connectivity index (χ1n) is 8.97. The Bertz CT molecular complexity index is 433. The summed E-state index contributed by atoms with van der Waals surface area (Å²) in [5, 5.41) is 19.1. The summed E-state index contributed by atoms with van der Waals surface area (Å²) in [5.41, 5.74) is -2.26. The van der Waals surface area contributed by atoms with E-state index in [4.69, 9.17) is 14.9 Å². The van der Waals surface area contributed by atoms with Crippen LogP contribution in [0, 0.1) is 0 Å². The summed E-state index contributed by atoms with van der Waals surface area (Å²) in [6.07, 6.45) is 13.6. The van der Waals surface area contributed by atoms with E-state index < -0.39 is 32.4 Å². The average molecular weight is 380 g/mol. The number of rotatable bonds is 16. The molecule has 0 aliphatic rings. The fraction of sp³-hybridized carbons (Fsp3) is 0.824. The van der Waals surface area contributed by atoms with Crippen molar-refractivity contribution in [2.75, 3.05) is 13.2 Å². The van der Waals surface area contributed by atoms with E-state index in [9.17, 15) is 14.5 Å². The first-order valence-corrected chi connectivity index (χ1v) is 10.5. The summed E-state index contributed by atoms with van der Waals surface area (Å²) >= 11 is 0. The first-order chi connectivity index (χ1) is 11.7. The lowest BCUT2D eigenvalue weighted by molar-refractivity contribution is -0.146. The van der Waals surface area contributed by atoms with Crippen LogP contribution in [0.1, 0.15) is 71.1 Å². The maximum absolute atomic E-state index is 11.9. The Hall–Kier alpha value is -0.560. The second-order valence-electron chi connectivity index (χ2n) is 6.30. The molecule has 0 heterocycles. The van der Waals surface area contributed by atoms with Crippen LogP contribution in [0.2, 0.25) is 0 Å². The van der Waals surface area contributed by atoms with Gasteiger partial charge in [-0.25, -0.2) is 4.57 Å². The van der Waals surface area contributed by atoms with Crippen LogP contribution in [0.15, 0.2) is 12.2 Å². The van der Waals surface area contributed by atoms with E-state index in [0.29, 0.717) is 6.42 Å². The van der Waals surface area contributed by atoms with Crippen LogP contribution >= 0.6 is 7.82 Å². The molecule has 0 aromatic carbocycles.